The van der Waals surface area contributed by atoms with Crippen LogP contribution >= 0.6 is 15.9 Å². The average molecular weight is 335 g/mol. The highest BCUT2D eigenvalue weighted by molar-refractivity contribution is 9.10. The third-order valence-corrected chi connectivity index (χ3v) is 3.40. The molecule has 0 fully saturated rings. The summed E-state index contributed by atoms with van der Waals surface area (Å²) in [5, 5.41) is 2.81. The van der Waals surface area contributed by atoms with Gasteiger partial charge in [0.15, 0.2) is 5.78 Å². The molecule has 1 heterocycles. The van der Waals surface area contributed by atoms with E-state index in [2.05, 4.69) is 21.2 Å². The molecule has 0 unspecified atom stereocenters. The second-order valence-electron chi connectivity index (χ2n) is 4.42. The molecule has 0 aliphatic rings. The number of benzene rings is 1. The summed E-state index contributed by atoms with van der Waals surface area (Å²) >= 11 is 3.36. The van der Waals surface area contributed by atoms with Gasteiger partial charge in [-0.15, -0.1) is 0 Å². The van der Waals surface area contributed by atoms with E-state index in [4.69, 9.17) is 0 Å². The molecule has 0 radical (unpaired) electrons. The monoisotopic (exact) mass is 334 g/mol. The molecule has 104 valence electrons. The van der Waals surface area contributed by atoms with Gasteiger partial charge in [-0.2, -0.15) is 0 Å². The third kappa shape index (κ3) is 3.17. The Morgan fingerprint density at radius 2 is 2.05 bits per heavy atom. The Balaban J connectivity index is 2.23. The molecule has 0 atom stereocenters. The van der Waals surface area contributed by atoms with Gasteiger partial charge in [-0.3, -0.25) is 9.59 Å². The number of anilines is 1. The molecule has 0 spiro atoms. The number of carbonyl (C=O) groups excluding carboxylic acids is 2. The minimum Gasteiger partial charge on any atom is -0.343 e. The van der Waals surface area contributed by atoms with Crippen molar-refractivity contribution in [1.82, 2.24) is 4.57 Å². The lowest BCUT2D eigenvalue weighted by Gasteiger charge is -2.08. The summed E-state index contributed by atoms with van der Waals surface area (Å²) in [6, 6.07) is 8.69. The summed E-state index contributed by atoms with van der Waals surface area (Å²) in [5.41, 5.74) is 1.77. The predicted molar refractivity (Wildman–Crippen MR) is 82.2 cm³/mol. The topological polar surface area (TPSA) is 51.1 Å². The number of halogens is 1. The van der Waals surface area contributed by atoms with Crippen molar-refractivity contribution in [2.45, 2.75) is 20.4 Å². The van der Waals surface area contributed by atoms with Crippen LogP contribution in [0.15, 0.2) is 41.0 Å². The lowest BCUT2D eigenvalue weighted by Crippen LogP contribution is -2.16. The molecule has 2 aromatic rings. The van der Waals surface area contributed by atoms with Gasteiger partial charge in [-0.1, -0.05) is 12.1 Å². The van der Waals surface area contributed by atoms with Crippen LogP contribution in [0, 0.1) is 0 Å². The molecule has 1 N–H and O–H groups in total. The number of carbonyl (C=O) groups is 2. The van der Waals surface area contributed by atoms with Crippen LogP contribution in [0.2, 0.25) is 0 Å². The van der Waals surface area contributed by atoms with Crippen molar-refractivity contribution in [3.8, 4) is 0 Å². The normalized spacial score (nSPS) is 10.3. The van der Waals surface area contributed by atoms with Crippen molar-refractivity contribution >= 4 is 33.3 Å². The number of nitrogens with zero attached hydrogens (tertiary/aromatic N) is 1. The standard InChI is InChI=1S/C15H15BrN2O2/c1-3-18-9-12(16)8-14(18)15(20)17-13-6-4-5-11(7-13)10(2)19/h4-9H,3H2,1-2H3,(H,17,20). The van der Waals surface area contributed by atoms with Crippen LogP contribution in [0.3, 0.4) is 0 Å². The summed E-state index contributed by atoms with van der Waals surface area (Å²) < 4.78 is 2.72. The van der Waals surface area contributed by atoms with Gasteiger partial charge in [-0.25, -0.2) is 0 Å². The summed E-state index contributed by atoms with van der Waals surface area (Å²) in [7, 11) is 0. The smallest absolute Gasteiger partial charge is 0.272 e. The fraction of sp³-hybridized carbons (Fsp3) is 0.200. The summed E-state index contributed by atoms with van der Waals surface area (Å²) in [6.45, 7) is 4.18. The van der Waals surface area contributed by atoms with Gasteiger partial charge in [0.1, 0.15) is 5.69 Å². The zero-order valence-corrected chi connectivity index (χ0v) is 12.9. The van der Waals surface area contributed by atoms with Gasteiger partial charge < -0.3 is 9.88 Å². The zero-order valence-electron chi connectivity index (χ0n) is 11.3. The van der Waals surface area contributed by atoms with Crippen LogP contribution in [-0.4, -0.2) is 16.3 Å². The quantitative estimate of drug-likeness (QED) is 0.866. The number of ketones is 1. The van der Waals surface area contributed by atoms with Crippen molar-refractivity contribution in [1.29, 1.82) is 0 Å². The SMILES string of the molecule is CCn1cc(Br)cc1C(=O)Nc1cccc(C(C)=O)c1. The second kappa shape index (κ2) is 6.05. The highest BCUT2D eigenvalue weighted by Gasteiger charge is 2.13. The van der Waals surface area contributed by atoms with E-state index >= 15 is 0 Å². The number of hydrogen-bond donors (Lipinski definition) is 1. The number of amides is 1. The molecule has 1 aromatic heterocycles. The van der Waals surface area contributed by atoms with Crippen molar-refractivity contribution < 1.29 is 9.59 Å². The van der Waals surface area contributed by atoms with E-state index in [1.165, 1.54) is 6.92 Å². The van der Waals surface area contributed by atoms with Crippen LogP contribution in [0.5, 0.6) is 0 Å². The molecule has 0 saturated carbocycles. The Bertz CT molecular complexity index is 662. The third-order valence-electron chi connectivity index (χ3n) is 2.96. The molecule has 0 aliphatic carbocycles. The Morgan fingerprint density at radius 1 is 1.30 bits per heavy atom. The number of rotatable bonds is 4. The van der Waals surface area contributed by atoms with Gasteiger partial charge in [0.2, 0.25) is 0 Å². The van der Waals surface area contributed by atoms with Gasteiger partial charge in [-0.05, 0) is 48.0 Å². The number of nitrogens with one attached hydrogen (secondary N) is 1. The van der Waals surface area contributed by atoms with Crippen LogP contribution in [0.4, 0.5) is 5.69 Å². The average Bonchev–Trinajstić information content (AvgIpc) is 2.80. The molecule has 1 aromatic carbocycles. The fourth-order valence-corrected chi connectivity index (χ4v) is 2.40. The Labute approximate surface area is 125 Å². The van der Waals surface area contributed by atoms with Crippen LogP contribution in [0.1, 0.15) is 34.7 Å². The Kier molecular flexibility index (Phi) is 4.39. The van der Waals surface area contributed by atoms with Gasteiger partial charge >= 0.3 is 0 Å². The van der Waals surface area contributed by atoms with E-state index in [-0.39, 0.29) is 11.7 Å². The zero-order chi connectivity index (χ0) is 14.7. The predicted octanol–water partition coefficient (Wildman–Crippen LogP) is 3.73. The molecule has 0 saturated heterocycles. The first kappa shape index (κ1) is 14.5. The van der Waals surface area contributed by atoms with Crippen molar-refractivity contribution in [2.75, 3.05) is 5.32 Å². The Morgan fingerprint density at radius 3 is 2.70 bits per heavy atom. The molecule has 0 aliphatic heterocycles. The minimum absolute atomic E-state index is 0.0271. The Hall–Kier alpha value is -1.88. The van der Waals surface area contributed by atoms with Crippen LogP contribution in [-0.2, 0) is 6.54 Å². The molecule has 5 heteroatoms. The summed E-state index contributed by atoms with van der Waals surface area (Å²) in [4.78, 5) is 23.6. The molecule has 1 amide bonds. The molecule has 4 nitrogen and oxygen atoms in total. The fourth-order valence-electron chi connectivity index (χ4n) is 1.94. The van der Waals surface area contributed by atoms with Gasteiger partial charge in [0, 0.05) is 28.5 Å². The molecular formula is C15H15BrN2O2. The maximum absolute atomic E-state index is 12.3. The number of hydrogen-bond acceptors (Lipinski definition) is 2. The van der Waals surface area contributed by atoms with E-state index in [1.54, 1.807) is 30.3 Å². The lowest BCUT2D eigenvalue weighted by molar-refractivity contribution is 0.100. The van der Waals surface area contributed by atoms with Gasteiger partial charge in [0.25, 0.3) is 5.91 Å². The molecule has 2 rings (SSSR count). The van der Waals surface area contributed by atoms with Crippen molar-refractivity contribution in [3.63, 3.8) is 0 Å². The van der Waals surface area contributed by atoms with Crippen molar-refractivity contribution in [3.05, 3.63) is 52.3 Å². The summed E-state index contributed by atoms with van der Waals surface area (Å²) in [6.07, 6.45) is 1.86. The van der Waals surface area contributed by atoms with Crippen LogP contribution < -0.4 is 5.32 Å². The highest BCUT2D eigenvalue weighted by Crippen LogP contribution is 2.17. The van der Waals surface area contributed by atoms with E-state index < -0.39 is 0 Å². The highest BCUT2D eigenvalue weighted by atomic mass is 79.9. The van der Waals surface area contributed by atoms with E-state index in [0.717, 1.165) is 4.47 Å². The number of Topliss-reactive ketones (excluding diaryl/α,β-unsaturated/α-hetero) is 1. The van der Waals surface area contributed by atoms with E-state index in [1.807, 2.05) is 17.7 Å². The minimum atomic E-state index is -0.196. The molecule has 20 heavy (non-hydrogen) atoms. The largest absolute Gasteiger partial charge is 0.343 e. The maximum atomic E-state index is 12.3. The second-order valence-corrected chi connectivity index (χ2v) is 5.34. The molecule has 0 bridgehead atoms. The lowest BCUT2D eigenvalue weighted by atomic mass is 10.1. The molecular weight excluding hydrogens is 320 g/mol. The maximum Gasteiger partial charge on any atom is 0.272 e. The number of aromatic nitrogens is 1. The van der Waals surface area contributed by atoms with E-state index in [9.17, 15) is 9.59 Å². The van der Waals surface area contributed by atoms with Gasteiger partial charge in [0.05, 0.1) is 0 Å². The van der Waals surface area contributed by atoms with Crippen LogP contribution in [0.25, 0.3) is 0 Å². The number of aryl methyl sites for hydroxylation is 1. The van der Waals surface area contributed by atoms with Crippen molar-refractivity contribution in [2.24, 2.45) is 0 Å². The first-order valence-electron chi connectivity index (χ1n) is 6.29. The first-order valence-corrected chi connectivity index (χ1v) is 7.08. The first-order chi connectivity index (χ1) is 9.51. The van der Waals surface area contributed by atoms with E-state index in [0.29, 0.717) is 23.5 Å². The summed E-state index contributed by atoms with van der Waals surface area (Å²) in [5.74, 6) is -0.223.